The Bertz CT molecular complexity index is 156. The van der Waals surface area contributed by atoms with Crippen molar-refractivity contribution in [3.8, 4) is 0 Å². The molecule has 12 heavy (non-hydrogen) atoms. The Hall–Kier alpha value is -0.370. The molecular weight excluding hydrogens is 150 g/mol. The lowest BCUT2D eigenvalue weighted by molar-refractivity contribution is -0.117. The number of carbonyl (C=O) groups excluding carboxylic acids is 1. The van der Waals surface area contributed by atoms with E-state index >= 15 is 0 Å². The highest BCUT2D eigenvalue weighted by molar-refractivity contribution is 5.75. The number of ketones is 1. The maximum absolute atomic E-state index is 10.7. The quantitative estimate of drug-likeness (QED) is 0.641. The molecule has 70 valence electrons. The fourth-order valence-electron chi connectivity index (χ4n) is 1.81. The summed E-state index contributed by atoms with van der Waals surface area (Å²) in [6.45, 7) is 7.32. The Kier molecular flexibility index (Phi) is 3.73. The summed E-state index contributed by atoms with van der Waals surface area (Å²) in [5.74, 6) is 1.14. The Morgan fingerprint density at radius 3 is 2.92 bits per heavy atom. The van der Waals surface area contributed by atoms with Crippen molar-refractivity contribution in [3.05, 3.63) is 0 Å². The first-order valence-corrected chi connectivity index (χ1v) is 4.90. The van der Waals surface area contributed by atoms with Crippen LogP contribution in [0.15, 0.2) is 0 Å². The molecule has 1 fully saturated rings. The molecule has 0 unspecified atom stereocenters. The van der Waals surface area contributed by atoms with Crippen molar-refractivity contribution in [1.29, 1.82) is 0 Å². The topological polar surface area (TPSA) is 20.3 Å². The van der Waals surface area contributed by atoms with E-state index in [0.717, 1.165) is 18.9 Å². The summed E-state index contributed by atoms with van der Waals surface area (Å²) in [6.07, 6.45) is 3.39. The number of rotatable bonds is 3. The molecule has 2 heteroatoms. The summed E-state index contributed by atoms with van der Waals surface area (Å²) < 4.78 is 0. The molecule has 0 spiro atoms. The van der Waals surface area contributed by atoms with Crippen LogP contribution in [0.5, 0.6) is 0 Å². The van der Waals surface area contributed by atoms with E-state index in [1.54, 1.807) is 6.92 Å². The summed E-state index contributed by atoms with van der Waals surface area (Å²) >= 11 is 0. The minimum absolute atomic E-state index is 0.313. The number of nitrogens with zero attached hydrogens (tertiary/aromatic N) is 1. The van der Waals surface area contributed by atoms with Crippen LogP contribution in [-0.2, 0) is 4.79 Å². The molecular formula is C10H19NO. The Morgan fingerprint density at radius 2 is 2.33 bits per heavy atom. The predicted molar refractivity (Wildman–Crippen MR) is 50.1 cm³/mol. The van der Waals surface area contributed by atoms with Crippen LogP contribution >= 0.6 is 0 Å². The number of piperidine rings is 1. The number of hydrogen-bond acceptors (Lipinski definition) is 2. The molecule has 0 amide bonds. The van der Waals surface area contributed by atoms with E-state index in [1.165, 1.54) is 25.9 Å². The number of Topliss-reactive ketones (excluding diaryl/α,β-unsaturated/α-hetero) is 1. The molecule has 1 aliphatic rings. The lowest BCUT2D eigenvalue weighted by Gasteiger charge is -2.30. The Balaban J connectivity index is 2.18. The third kappa shape index (κ3) is 3.35. The average Bonchev–Trinajstić information content (AvgIpc) is 2.01. The third-order valence-corrected chi connectivity index (χ3v) is 2.52. The summed E-state index contributed by atoms with van der Waals surface area (Å²) in [5.41, 5.74) is 0. The highest BCUT2D eigenvalue weighted by Gasteiger charge is 2.15. The van der Waals surface area contributed by atoms with Crippen molar-refractivity contribution in [2.75, 3.05) is 19.6 Å². The smallest absolute Gasteiger partial charge is 0.131 e. The Labute approximate surface area is 74.9 Å². The highest BCUT2D eigenvalue weighted by atomic mass is 16.1. The first kappa shape index (κ1) is 9.72. The Morgan fingerprint density at radius 1 is 1.58 bits per heavy atom. The van der Waals surface area contributed by atoms with Gasteiger partial charge in [-0.1, -0.05) is 6.92 Å². The number of carbonyl (C=O) groups is 1. The van der Waals surface area contributed by atoms with Gasteiger partial charge in [0, 0.05) is 19.5 Å². The van der Waals surface area contributed by atoms with Gasteiger partial charge in [0.15, 0.2) is 0 Å². The lowest BCUT2D eigenvalue weighted by atomic mass is 10.0. The van der Waals surface area contributed by atoms with E-state index in [0.29, 0.717) is 5.78 Å². The van der Waals surface area contributed by atoms with E-state index in [1.807, 2.05) is 0 Å². The summed E-state index contributed by atoms with van der Waals surface area (Å²) in [5, 5.41) is 0. The summed E-state index contributed by atoms with van der Waals surface area (Å²) in [6, 6.07) is 0. The molecule has 1 heterocycles. The second kappa shape index (κ2) is 4.61. The molecule has 0 N–H and O–H groups in total. The predicted octanol–water partition coefficient (Wildman–Crippen LogP) is 1.70. The second-order valence-corrected chi connectivity index (χ2v) is 4.00. The first-order valence-electron chi connectivity index (χ1n) is 4.90. The van der Waals surface area contributed by atoms with Crippen LogP contribution in [0, 0.1) is 5.92 Å². The normalized spacial score (nSPS) is 25.7. The van der Waals surface area contributed by atoms with Crippen molar-refractivity contribution in [1.82, 2.24) is 4.90 Å². The minimum Gasteiger partial charge on any atom is -0.303 e. The van der Waals surface area contributed by atoms with Crippen LogP contribution in [0.25, 0.3) is 0 Å². The molecule has 1 rings (SSSR count). The van der Waals surface area contributed by atoms with E-state index in [4.69, 9.17) is 0 Å². The lowest BCUT2D eigenvalue weighted by Crippen LogP contribution is -2.35. The molecule has 0 bridgehead atoms. The van der Waals surface area contributed by atoms with Crippen molar-refractivity contribution >= 4 is 5.78 Å². The van der Waals surface area contributed by atoms with Crippen LogP contribution < -0.4 is 0 Å². The van der Waals surface area contributed by atoms with E-state index in [2.05, 4.69) is 11.8 Å². The second-order valence-electron chi connectivity index (χ2n) is 4.00. The molecule has 0 radical (unpaired) electrons. The van der Waals surface area contributed by atoms with Crippen molar-refractivity contribution in [3.63, 3.8) is 0 Å². The summed E-state index contributed by atoms with van der Waals surface area (Å²) in [7, 11) is 0. The minimum atomic E-state index is 0.313. The van der Waals surface area contributed by atoms with E-state index in [-0.39, 0.29) is 0 Å². The van der Waals surface area contributed by atoms with Gasteiger partial charge in [-0.05, 0) is 32.2 Å². The largest absolute Gasteiger partial charge is 0.303 e. The van der Waals surface area contributed by atoms with Gasteiger partial charge >= 0.3 is 0 Å². The van der Waals surface area contributed by atoms with Crippen LogP contribution in [0.1, 0.15) is 33.1 Å². The average molecular weight is 169 g/mol. The molecule has 0 aromatic heterocycles. The molecule has 1 aliphatic heterocycles. The van der Waals surface area contributed by atoms with Gasteiger partial charge in [0.25, 0.3) is 0 Å². The third-order valence-electron chi connectivity index (χ3n) is 2.52. The van der Waals surface area contributed by atoms with E-state index in [9.17, 15) is 4.79 Å². The zero-order chi connectivity index (χ0) is 8.97. The SMILES string of the molecule is CC(=O)CCN1CCC[C@H](C)C1. The first-order chi connectivity index (χ1) is 5.68. The summed E-state index contributed by atoms with van der Waals surface area (Å²) in [4.78, 5) is 13.2. The van der Waals surface area contributed by atoms with Crippen LogP contribution in [0.4, 0.5) is 0 Å². The van der Waals surface area contributed by atoms with Crippen molar-refractivity contribution < 1.29 is 4.79 Å². The zero-order valence-corrected chi connectivity index (χ0v) is 8.18. The van der Waals surface area contributed by atoms with Gasteiger partial charge < -0.3 is 4.90 Å². The van der Waals surface area contributed by atoms with Crippen LogP contribution in [-0.4, -0.2) is 30.3 Å². The molecule has 0 aromatic carbocycles. The molecule has 1 saturated heterocycles. The number of likely N-dealkylation sites (tertiary alicyclic amines) is 1. The molecule has 0 saturated carbocycles. The molecule has 2 nitrogen and oxygen atoms in total. The van der Waals surface area contributed by atoms with Gasteiger partial charge in [-0.2, -0.15) is 0 Å². The van der Waals surface area contributed by atoms with Gasteiger partial charge in [0.2, 0.25) is 0 Å². The van der Waals surface area contributed by atoms with Gasteiger partial charge in [-0.15, -0.1) is 0 Å². The fourth-order valence-corrected chi connectivity index (χ4v) is 1.81. The molecule has 0 aliphatic carbocycles. The molecule has 1 atom stereocenters. The maximum atomic E-state index is 10.7. The highest BCUT2D eigenvalue weighted by Crippen LogP contribution is 2.15. The van der Waals surface area contributed by atoms with Crippen LogP contribution in [0.2, 0.25) is 0 Å². The van der Waals surface area contributed by atoms with Gasteiger partial charge in [-0.25, -0.2) is 0 Å². The zero-order valence-electron chi connectivity index (χ0n) is 8.18. The van der Waals surface area contributed by atoms with Crippen molar-refractivity contribution in [2.45, 2.75) is 33.1 Å². The van der Waals surface area contributed by atoms with Crippen LogP contribution in [0.3, 0.4) is 0 Å². The van der Waals surface area contributed by atoms with Gasteiger partial charge in [0.1, 0.15) is 5.78 Å². The van der Waals surface area contributed by atoms with Crippen molar-refractivity contribution in [2.24, 2.45) is 5.92 Å². The standard InChI is InChI=1S/C10H19NO/c1-9-4-3-6-11(8-9)7-5-10(2)12/h9H,3-8H2,1-2H3/t9-/m0/s1. The number of hydrogen-bond donors (Lipinski definition) is 0. The molecule has 0 aromatic rings. The maximum Gasteiger partial charge on any atom is 0.131 e. The van der Waals surface area contributed by atoms with Gasteiger partial charge in [-0.3, -0.25) is 4.79 Å². The van der Waals surface area contributed by atoms with E-state index < -0.39 is 0 Å². The fraction of sp³-hybridized carbons (Fsp3) is 0.900. The van der Waals surface area contributed by atoms with Gasteiger partial charge in [0.05, 0.1) is 0 Å². The monoisotopic (exact) mass is 169 g/mol.